The largest absolute Gasteiger partial charge is 0.497 e. The van der Waals surface area contributed by atoms with E-state index in [1.807, 2.05) is 0 Å². The zero-order chi connectivity index (χ0) is 21.2. The van der Waals surface area contributed by atoms with Gasteiger partial charge >= 0.3 is 5.97 Å². The van der Waals surface area contributed by atoms with E-state index in [0.717, 1.165) is 5.56 Å². The molecule has 0 bridgehead atoms. The Bertz CT molecular complexity index is 906. The molecule has 29 heavy (non-hydrogen) atoms. The molecule has 0 saturated carbocycles. The second kappa shape index (κ2) is 10.5. The highest BCUT2D eigenvalue weighted by Gasteiger charge is 2.08. The summed E-state index contributed by atoms with van der Waals surface area (Å²) in [4.78, 5) is 35.1. The highest BCUT2D eigenvalue weighted by molar-refractivity contribution is 6.02. The van der Waals surface area contributed by atoms with Crippen LogP contribution >= 0.6 is 0 Å². The van der Waals surface area contributed by atoms with Crippen molar-refractivity contribution in [2.75, 3.05) is 33.2 Å². The molecule has 2 N–H and O–H groups in total. The zero-order valence-electron chi connectivity index (χ0n) is 16.4. The maximum Gasteiger partial charge on any atom is 0.325 e. The van der Waals surface area contributed by atoms with E-state index in [2.05, 4.69) is 15.4 Å². The molecule has 0 fully saturated rings. The van der Waals surface area contributed by atoms with Crippen LogP contribution in [0.5, 0.6) is 11.5 Å². The molecule has 0 aliphatic heterocycles. The number of benzene rings is 2. The fraction of sp³-hybridized carbons (Fsp3) is 0.190. The average Bonchev–Trinajstić information content (AvgIpc) is 2.76. The van der Waals surface area contributed by atoms with Gasteiger partial charge in [-0.15, -0.1) is 0 Å². The number of rotatable bonds is 8. The number of anilines is 1. The van der Waals surface area contributed by atoms with Crippen LogP contribution in [-0.2, 0) is 14.3 Å². The number of amides is 2. The van der Waals surface area contributed by atoms with Crippen LogP contribution in [0.1, 0.15) is 15.9 Å². The van der Waals surface area contributed by atoms with Crippen LogP contribution in [0.2, 0.25) is 0 Å². The molecule has 0 aliphatic carbocycles. The van der Waals surface area contributed by atoms with E-state index in [1.165, 1.54) is 20.3 Å². The standard InChI is InChI=1S/C21H22N2O6/c1-27-17-10-6-14(18(12-17)28-2)7-11-19(24)23-16-8-4-15(5-9-16)21(26)22-13-20(25)29-3/h4-12H,13H2,1-3H3,(H,22,26)(H,23,24)/b11-7+. The number of esters is 1. The summed E-state index contributed by atoms with van der Waals surface area (Å²) in [6, 6.07) is 11.5. The number of hydrogen-bond donors (Lipinski definition) is 2. The Balaban J connectivity index is 1.96. The molecule has 0 spiro atoms. The van der Waals surface area contributed by atoms with Crippen molar-refractivity contribution >= 4 is 29.5 Å². The van der Waals surface area contributed by atoms with Crippen molar-refractivity contribution < 1.29 is 28.6 Å². The third kappa shape index (κ3) is 6.39. The predicted octanol–water partition coefficient (Wildman–Crippen LogP) is 2.26. The van der Waals surface area contributed by atoms with Crippen molar-refractivity contribution in [2.24, 2.45) is 0 Å². The van der Waals surface area contributed by atoms with Crippen LogP contribution in [0.3, 0.4) is 0 Å². The molecular weight excluding hydrogens is 376 g/mol. The van der Waals surface area contributed by atoms with E-state index in [-0.39, 0.29) is 12.5 Å². The van der Waals surface area contributed by atoms with Crippen molar-refractivity contribution in [3.8, 4) is 11.5 Å². The van der Waals surface area contributed by atoms with Crippen molar-refractivity contribution in [1.82, 2.24) is 5.32 Å². The minimum atomic E-state index is -0.539. The number of methoxy groups -OCH3 is 3. The fourth-order valence-corrected chi connectivity index (χ4v) is 2.34. The highest BCUT2D eigenvalue weighted by Crippen LogP contribution is 2.25. The summed E-state index contributed by atoms with van der Waals surface area (Å²) < 4.78 is 14.9. The van der Waals surface area contributed by atoms with E-state index >= 15 is 0 Å². The number of hydrogen-bond acceptors (Lipinski definition) is 6. The van der Waals surface area contributed by atoms with E-state index in [9.17, 15) is 14.4 Å². The highest BCUT2D eigenvalue weighted by atomic mass is 16.5. The predicted molar refractivity (Wildman–Crippen MR) is 108 cm³/mol. The van der Waals surface area contributed by atoms with Gasteiger partial charge in [0.05, 0.1) is 21.3 Å². The molecule has 2 aromatic rings. The van der Waals surface area contributed by atoms with Crippen molar-refractivity contribution in [2.45, 2.75) is 0 Å². The first-order chi connectivity index (χ1) is 14.0. The Kier molecular flexibility index (Phi) is 7.78. The summed E-state index contributed by atoms with van der Waals surface area (Å²) in [7, 11) is 4.34. The van der Waals surface area contributed by atoms with Crippen LogP contribution < -0.4 is 20.1 Å². The normalized spacial score (nSPS) is 10.3. The molecule has 0 aliphatic rings. The Hall–Kier alpha value is -3.81. The van der Waals surface area contributed by atoms with Gasteiger partial charge in [0.2, 0.25) is 5.91 Å². The monoisotopic (exact) mass is 398 g/mol. The van der Waals surface area contributed by atoms with Gasteiger partial charge in [-0.1, -0.05) is 0 Å². The van der Waals surface area contributed by atoms with Crippen LogP contribution in [0.4, 0.5) is 5.69 Å². The Morgan fingerprint density at radius 1 is 0.966 bits per heavy atom. The zero-order valence-corrected chi connectivity index (χ0v) is 16.4. The lowest BCUT2D eigenvalue weighted by Crippen LogP contribution is -2.30. The molecule has 152 valence electrons. The van der Waals surface area contributed by atoms with E-state index in [4.69, 9.17) is 9.47 Å². The van der Waals surface area contributed by atoms with E-state index < -0.39 is 11.9 Å². The molecule has 0 radical (unpaired) electrons. The summed E-state index contributed by atoms with van der Waals surface area (Å²) in [5.41, 5.74) is 1.59. The smallest absolute Gasteiger partial charge is 0.325 e. The number of carbonyl (C=O) groups excluding carboxylic acids is 3. The Morgan fingerprint density at radius 2 is 1.69 bits per heavy atom. The molecule has 2 aromatic carbocycles. The molecule has 8 heteroatoms. The first-order valence-corrected chi connectivity index (χ1v) is 8.63. The minimum absolute atomic E-state index is 0.215. The van der Waals surface area contributed by atoms with Crippen molar-refractivity contribution in [1.29, 1.82) is 0 Å². The van der Waals surface area contributed by atoms with Crippen LogP contribution in [0.15, 0.2) is 48.5 Å². The lowest BCUT2D eigenvalue weighted by Gasteiger charge is -2.07. The third-order valence-electron chi connectivity index (χ3n) is 3.89. The molecule has 0 atom stereocenters. The molecule has 8 nitrogen and oxygen atoms in total. The summed E-state index contributed by atoms with van der Waals surface area (Å²) >= 11 is 0. The average molecular weight is 398 g/mol. The van der Waals surface area contributed by atoms with Gasteiger partial charge in [-0.25, -0.2) is 0 Å². The SMILES string of the molecule is COC(=O)CNC(=O)c1ccc(NC(=O)/C=C/c2ccc(OC)cc2OC)cc1. The van der Waals surface area contributed by atoms with Gasteiger partial charge < -0.3 is 24.8 Å². The lowest BCUT2D eigenvalue weighted by molar-refractivity contribution is -0.139. The van der Waals surface area contributed by atoms with Crippen LogP contribution in [0, 0.1) is 0 Å². The summed E-state index contributed by atoms with van der Waals surface area (Å²) in [6.07, 6.45) is 3.00. The molecule has 0 unspecified atom stereocenters. The van der Waals surface area contributed by atoms with Gasteiger partial charge in [0.25, 0.3) is 5.91 Å². The first kappa shape index (κ1) is 21.5. The van der Waals surface area contributed by atoms with Crippen LogP contribution in [-0.4, -0.2) is 45.7 Å². The maximum atomic E-state index is 12.1. The Morgan fingerprint density at radius 3 is 2.31 bits per heavy atom. The van der Waals surface area contributed by atoms with Crippen molar-refractivity contribution in [3.63, 3.8) is 0 Å². The lowest BCUT2D eigenvalue weighted by atomic mass is 10.1. The number of carbonyl (C=O) groups is 3. The van der Waals surface area contributed by atoms with E-state index in [1.54, 1.807) is 55.7 Å². The van der Waals surface area contributed by atoms with Gasteiger partial charge in [-0.05, 0) is 42.5 Å². The molecule has 0 heterocycles. The van der Waals surface area contributed by atoms with Crippen molar-refractivity contribution in [3.05, 3.63) is 59.7 Å². The second-order valence-corrected chi connectivity index (χ2v) is 5.77. The molecule has 2 rings (SSSR count). The minimum Gasteiger partial charge on any atom is -0.497 e. The number of nitrogens with one attached hydrogen (secondary N) is 2. The van der Waals surface area contributed by atoms with Gasteiger partial charge in [-0.2, -0.15) is 0 Å². The summed E-state index contributed by atoms with van der Waals surface area (Å²) in [5, 5.41) is 5.14. The Labute approximate surface area is 168 Å². The van der Waals surface area contributed by atoms with Gasteiger partial charge in [0.1, 0.15) is 18.0 Å². The van der Waals surface area contributed by atoms with Crippen LogP contribution in [0.25, 0.3) is 6.08 Å². The topological polar surface area (TPSA) is 103 Å². The maximum absolute atomic E-state index is 12.1. The third-order valence-corrected chi connectivity index (χ3v) is 3.89. The summed E-state index contributed by atoms with van der Waals surface area (Å²) in [5.74, 6) is -0.0667. The summed E-state index contributed by atoms with van der Waals surface area (Å²) in [6.45, 7) is -0.215. The van der Waals surface area contributed by atoms with E-state index in [0.29, 0.717) is 22.7 Å². The molecule has 0 saturated heterocycles. The quantitative estimate of drug-likeness (QED) is 0.522. The fourth-order valence-electron chi connectivity index (χ4n) is 2.34. The first-order valence-electron chi connectivity index (χ1n) is 8.63. The molecule has 2 amide bonds. The number of ether oxygens (including phenoxy) is 3. The van der Waals surface area contributed by atoms with Gasteiger partial charge in [0, 0.05) is 29.0 Å². The molecule has 0 aromatic heterocycles. The van der Waals surface area contributed by atoms with Gasteiger partial charge in [0.15, 0.2) is 0 Å². The second-order valence-electron chi connectivity index (χ2n) is 5.77. The van der Waals surface area contributed by atoms with Gasteiger partial charge in [-0.3, -0.25) is 14.4 Å². The molecular formula is C21H22N2O6.